The third-order valence-electron chi connectivity index (χ3n) is 5.00. The normalized spacial score (nSPS) is 12.3. The molecule has 2 aromatic carbocycles. The van der Waals surface area contributed by atoms with E-state index in [-0.39, 0.29) is 22.1 Å². The van der Waals surface area contributed by atoms with Gasteiger partial charge in [0, 0.05) is 17.2 Å². The van der Waals surface area contributed by atoms with E-state index in [1.54, 1.807) is 18.2 Å². The van der Waals surface area contributed by atoms with Crippen molar-refractivity contribution in [2.75, 3.05) is 17.3 Å². The first-order valence-corrected chi connectivity index (χ1v) is 11.5. The Morgan fingerprint density at radius 2 is 1.88 bits per heavy atom. The van der Waals surface area contributed by atoms with Crippen LogP contribution in [-0.2, 0) is 9.84 Å². The van der Waals surface area contributed by atoms with Gasteiger partial charge in [-0.2, -0.15) is 15.5 Å². The maximum Gasteiger partial charge on any atom is 0.175 e. The summed E-state index contributed by atoms with van der Waals surface area (Å²) in [5.41, 5.74) is 8.60. The van der Waals surface area contributed by atoms with Crippen LogP contribution in [-0.4, -0.2) is 34.8 Å². The van der Waals surface area contributed by atoms with Crippen LogP contribution in [0.15, 0.2) is 59.8 Å². The number of hydrogen-bond acceptors (Lipinski definition) is 9. The van der Waals surface area contributed by atoms with Crippen LogP contribution in [0.25, 0.3) is 22.0 Å². The number of sulfone groups is 1. The van der Waals surface area contributed by atoms with E-state index in [9.17, 15) is 13.7 Å². The first-order chi connectivity index (χ1) is 15.3. The van der Waals surface area contributed by atoms with Crippen LogP contribution in [0.1, 0.15) is 24.2 Å². The van der Waals surface area contributed by atoms with Gasteiger partial charge in [0.15, 0.2) is 9.84 Å². The topological polar surface area (TPSA) is 148 Å². The molecule has 0 aliphatic rings. The van der Waals surface area contributed by atoms with Gasteiger partial charge in [0.2, 0.25) is 0 Å². The number of aromatic nitrogens is 4. The number of nitrogens with one attached hydrogen (secondary N) is 1. The monoisotopic (exact) mass is 445 g/mol. The molecule has 3 N–H and O–H groups in total. The molecule has 9 nitrogen and oxygen atoms in total. The van der Waals surface area contributed by atoms with Gasteiger partial charge < -0.3 is 11.1 Å². The fraction of sp³-hybridized carbons (Fsp3) is 0.136. The largest absolute Gasteiger partial charge is 0.382 e. The van der Waals surface area contributed by atoms with E-state index in [0.717, 1.165) is 10.9 Å². The van der Waals surface area contributed by atoms with Crippen LogP contribution in [0.3, 0.4) is 0 Å². The molecule has 2 heterocycles. The zero-order valence-corrected chi connectivity index (χ0v) is 18.1. The first kappa shape index (κ1) is 21.1. The summed E-state index contributed by atoms with van der Waals surface area (Å²) >= 11 is 0. The second-order valence-corrected chi connectivity index (χ2v) is 9.25. The summed E-state index contributed by atoms with van der Waals surface area (Å²) in [4.78, 5) is 8.19. The molecule has 0 spiro atoms. The van der Waals surface area contributed by atoms with Crippen molar-refractivity contribution in [1.29, 1.82) is 5.26 Å². The highest BCUT2D eigenvalue weighted by atomic mass is 32.2. The number of anilines is 2. The SMILES string of the molecule is CC(Nc1ncnc(N)c1C#N)c1nnc2ccccc2c1-c1cccc(S(C)(=O)=O)c1. The van der Waals surface area contributed by atoms with E-state index in [4.69, 9.17) is 5.73 Å². The Bertz CT molecular complexity index is 1480. The predicted molar refractivity (Wildman–Crippen MR) is 121 cm³/mol. The molecule has 0 aliphatic heterocycles. The average molecular weight is 446 g/mol. The van der Waals surface area contributed by atoms with Gasteiger partial charge in [-0.25, -0.2) is 18.4 Å². The molecule has 1 unspecified atom stereocenters. The summed E-state index contributed by atoms with van der Waals surface area (Å²) in [6, 6.07) is 15.8. The Morgan fingerprint density at radius 3 is 2.62 bits per heavy atom. The van der Waals surface area contributed by atoms with Crippen LogP contribution in [0.4, 0.5) is 11.6 Å². The van der Waals surface area contributed by atoms with Crippen LogP contribution in [0.5, 0.6) is 0 Å². The van der Waals surface area contributed by atoms with E-state index in [1.165, 1.54) is 12.6 Å². The fourth-order valence-corrected chi connectivity index (χ4v) is 4.12. The van der Waals surface area contributed by atoms with Gasteiger partial charge in [-0.15, -0.1) is 0 Å². The minimum atomic E-state index is -3.40. The van der Waals surface area contributed by atoms with Crippen molar-refractivity contribution >= 4 is 32.4 Å². The van der Waals surface area contributed by atoms with Gasteiger partial charge in [0.1, 0.15) is 29.6 Å². The molecular weight excluding hydrogens is 426 g/mol. The van der Waals surface area contributed by atoms with Gasteiger partial charge in [-0.3, -0.25) is 0 Å². The Labute approximate surface area is 184 Å². The molecule has 1 atom stereocenters. The van der Waals surface area contributed by atoms with E-state index >= 15 is 0 Å². The average Bonchev–Trinajstić information content (AvgIpc) is 2.78. The van der Waals surface area contributed by atoms with Crippen molar-refractivity contribution in [2.45, 2.75) is 17.9 Å². The Balaban J connectivity index is 1.90. The molecule has 0 fully saturated rings. The van der Waals surface area contributed by atoms with Crippen molar-refractivity contribution in [2.24, 2.45) is 0 Å². The number of nitrogen functional groups attached to an aromatic ring is 1. The summed E-state index contributed by atoms with van der Waals surface area (Å²) in [5.74, 6) is 0.348. The van der Waals surface area contributed by atoms with Crippen LogP contribution in [0.2, 0.25) is 0 Å². The highest BCUT2D eigenvalue weighted by Gasteiger charge is 2.21. The van der Waals surface area contributed by atoms with E-state index in [2.05, 4.69) is 25.5 Å². The molecule has 4 rings (SSSR count). The molecule has 0 saturated heterocycles. The third-order valence-corrected chi connectivity index (χ3v) is 6.11. The number of rotatable bonds is 5. The summed E-state index contributed by atoms with van der Waals surface area (Å²) in [6.45, 7) is 1.85. The molecule has 4 aromatic rings. The molecule has 0 bridgehead atoms. The lowest BCUT2D eigenvalue weighted by atomic mass is 9.96. The van der Waals surface area contributed by atoms with Crippen LogP contribution < -0.4 is 11.1 Å². The standard InChI is InChI=1S/C22H19N7O2S/c1-13(27-22-17(11-23)21(24)25-12-26-22)20-19(16-8-3-4-9-18(16)28-29-20)14-6-5-7-15(10-14)32(2,30)31/h3-10,12-13H,1-2H3,(H3,24,25,26,27). The quantitative estimate of drug-likeness (QED) is 0.472. The summed E-state index contributed by atoms with van der Waals surface area (Å²) in [6.07, 6.45) is 2.44. The van der Waals surface area contributed by atoms with Gasteiger partial charge in [0.25, 0.3) is 0 Å². The number of nitrogens with zero attached hydrogens (tertiary/aromatic N) is 5. The smallest absolute Gasteiger partial charge is 0.175 e. The van der Waals surface area contributed by atoms with Gasteiger partial charge >= 0.3 is 0 Å². The van der Waals surface area contributed by atoms with E-state index < -0.39 is 15.9 Å². The Hall–Kier alpha value is -4.10. The maximum atomic E-state index is 12.1. The summed E-state index contributed by atoms with van der Waals surface area (Å²) in [5, 5.41) is 22.2. The summed E-state index contributed by atoms with van der Waals surface area (Å²) < 4.78 is 24.3. The second kappa shape index (κ2) is 8.20. The van der Waals surface area contributed by atoms with E-state index in [0.29, 0.717) is 16.8 Å². The lowest BCUT2D eigenvalue weighted by Crippen LogP contribution is -2.14. The highest BCUT2D eigenvalue weighted by Crippen LogP contribution is 2.35. The van der Waals surface area contributed by atoms with Gasteiger partial charge in [0.05, 0.1) is 22.1 Å². The second-order valence-electron chi connectivity index (χ2n) is 7.24. The molecule has 0 saturated carbocycles. The zero-order valence-electron chi connectivity index (χ0n) is 17.3. The zero-order chi connectivity index (χ0) is 22.9. The van der Waals surface area contributed by atoms with Crippen LogP contribution in [0, 0.1) is 11.3 Å². The highest BCUT2D eigenvalue weighted by molar-refractivity contribution is 7.90. The van der Waals surface area contributed by atoms with Crippen molar-refractivity contribution in [1.82, 2.24) is 20.2 Å². The fourth-order valence-electron chi connectivity index (χ4n) is 3.45. The van der Waals surface area contributed by atoms with Crippen molar-refractivity contribution in [3.05, 3.63) is 66.1 Å². The number of hydrogen-bond donors (Lipinski definition) is 2. The molecule has 10 heteroatoms. The van der Waals surface area contributed by atoms with Gasteiger partial charge in [-0.05, 0) is 30.7 Å². The number of benzene rings is 2. The minimum absolute atomic E-state index is 0.0721. The van der Waals surface area contributed by atoms with Crippen molar-refractivity contribution < 1.29 is 8.42 Å². The lowest BCUT2D eigenvalue weighted by Gasteiger charge is -2.19. The molecule has 0 radical (unpaired) electrons. The third kappa shape index (κ3) is 3.93. The maximum absolute atomic E-state index is 12.1. The molecule has 0 aliphatic carbocycles. The molecule has 32 heavy (non-hydrogen) atoms. The van der Waals surface area contributed by atoms with Crippen molar-refractivity contribution in [3.8, 4) is 17.2 Å². The number of nitrogens with two attached hydrogens (primary N) is 1. The minimum Gasteiger partial charge on any atom is -0.382 e. The van der Waals surface area contributed by atoms with Crippen molar-refractivity contribution in [3.63, 3.8) is 0 Å². The lowest BCUT2D eigenvalue weighted by molar-refractivity contribution is 0.602. The Kier molecular flexibility index (Phi) is 5.42. The summed E-state index contributed by atoms with van der Waals surface area (Å²) in [7, 11) is -3.40. The molecule has 160 valence electrons. The molecule has 0 amide bonds. The van der Waals surface area contributed by atoms with E-state index in [1.807, 2.05) is 43.3 Å². The number of fused-ring (bicyclic) bond motifs is 1. The van der Waals surface area contributed by atoms with Gasteiger partial charge in [-0.1, -0.05) is 30.3 Å². The predicted octanol–water partition coefficient (Wildman–Crippen LogP) is 3.12. The van der Waals surface area contributed by atoms with Crippen LogP contribution >= 0.6 is 0 Å². The first-order valence-electron chi connectivity index (χ1n) is 9.62. The number of nitriles is 1. The Morgan fingerprint density at radius 1 is 1.09 bits per heavy atom. The molecular formula is C22H19N7O2S. The molecule has 2 aromatic heterocycles.